The topological polar surface area (TPSA) is 32.3 Å². The van der Waals surface area contributed by atoms with Gasteiger partial charge in [-0.15, -0.1) is 0 Å². The van der Waals surface area contributed by atoms with Gasteiger partial charge in [0, 0.05) is 19.6 Å². The van der Waals surface area contributed by atoms with Crippen LogP contribution in [0, 0.1) is 5.92 Å². The Balaban J connectivity index is 2.39. The molecule has 1 heterocycles. The van der Waals surface area contributed by atoms with Crippen molar-refractivity contribution in [2.24, 2.45) is 5.92 Å². The van der Waals surface area contributed by atoms with Crippen LogP contribution in [0.1, 0.15) is 33.6 Å². The highest BCUT2D eigenvalue weighted by atomic mass is 16.2. The highest BCUT2D eigenvalue weighted by Gasteiger charge is 2.25. The Kier molecular flexibility index (Phi) is 4.39. The summed E-state index contributed by atoms with van der Waals surface area (Å²) in [5.74, 6) is 0.897. The van der Waals surface area contributed by atoms with Crippen molar-refractivity contribution in [2.75, 3.05) is 19.6 Å². The molecule has 1 amide bonds. The van der Waals surface area contributed by atoms with Crippen molar-refractivity contribution in [1.29, 1.82) is 0 Å². The maximum atomic E-state index is 11.7. The predicted molar refractivity (Wildman–Crippen MR) is 58.1 cm³/mol. The van der Waals surface area contributed by atoms with Crippen LogP contribution >= 0.6 is 0 Å². The van der Waals surface area contributed by atoms with Gasteiger partial charge in [-0.25, -0.2) is 0 Å². The molecule has 0 radical (unpaired) electrons. The minimum Gasteiger partial charge on any atom is -0.340 e. The zero-order valence-corrected chi connectivity index (χ0v) is 9.55. The van der Waals surface area contributed by atoms with Crippen LogP contribution in [0.15, 0.2) is 0 Å². The fourth-order valence-electron chi connectivity index (χ4n) is 2.03. The highest BCUT2D eigenvalue weighted by molar-refractivity contribution is 5.82. The van der Waals surface area contributed by atoms with Crippen molar-refractivity contribution in [3.63, 3.8) is 0 Å². The molecule has 14 heavy (non-hydrogen) atoms. The van der Waals surface area contributed by atoms with Crippen LogP contribution in [0.2, 0.25) is 0 Å². The van der Waals surface area contributed by atoms with Crippen LogP contribution in [0.5, 0.6) is 0 Å². The molecule has 82 valence electrons. The molecule has 0 saturated carbocycles. The molecule has 0 spiro atoms. The lowest BCUT2D eigenvalue weighted by molar-refractivity contribution is -0.135. The smallest absolute Gasteiger partial charge is 0.239 e. The van der Waals surface area contributed by atoms with Gasteiger partial charge >= 0.3 is 0 Å². The average molecular weight is 198 g/mol. The van der Waals surface area contributed by atoms with Gasteiger partial charge in [-0.1, -0.05) is 20.3 Å². The lowest BCUT2D eigenvalue weighted by atomic mass is 10.0. The van der Waals surface area contributed by atoms with Gasteiger partial charge in [-0.2, -0.15) is 0 Å². The summed E-state index contributed by atoms with van der Waals surface area (Å²) >= 11 is 0. The maximum absolute atomic E-state index is 11.7. The quantitative estimate of drug-likeness (QED) is 0.737. The van der Waals surface area contributed by atoms with Gasteiger partial charge < -0.3 is 10.2 Å². The van der Waals surface area contributed by atoms with Gasteiger partial charge in [-0.05, 0) is 19.3 Å². The van der Waals surface area contributed by atoms with E-state index in [0.29, 0.717) is 5.92 Å². The number of rotatable bonds is 4. The Labute approximate surface area is 86.9 Å². The SMILES string of the molecule is CCCC(C)CN1CCNC(C)C1=O. The first-order chi connectivity index (χ1) is 6.65. The Morgan fingerprint density at radius 3 is 3.00 bits per heavy atom. The number of carbonyl (C=O) groups is 1. The second-order valence-corrected chi connectivity index (χ2v) is 4.35. The standard InChI is InChI=1S/C11H22N2O/c1-4-5-9(2)8-13-7-6-12-10(3)11(13)14/h9-10,12H,4-8H2,1-3H3. The summed E-state index contributed by atoms with van der Waals surface area (Å²) in [6.45, 7) is 9.10. The fourth-order valence-corrected chi connectivity index (χ4v) is 2.03. The third kappa shape index (κ3) is 2.98. The summed E-state index contributed by atoms with van der Waals surface area (Å²) in [7, 11) is 0. The number of piperazine rings is 1. The van der Waals surface area contributed by atoms with E-state index in [0.717, 1.165) is 19.6 Å². The first-order valence-electron chi connectivity index (χ1n) is 5.67. The van der Waals surface area contributed by atoms with Gasteiger partial charge in [0.05, 0.1) is 6.04 Å². The Hall–Kier alpha value is -0.570. The number of hydrogen-bond acceptors (Lipinski definition) is 2. The fraction of sp³-hybridized carbons (Fsp3) is 0.909. The van der Waals surface area contributed by atoms with Crippen molar-refractivity contribution < 1.29 is 4.79 Å². The summed E-state index contributed by atoms with van der Waals surface area (Å²) in [4.78, 5) is 13.7. The van der Waals surface area contributed by atoms with E-state index in [4.69, 9.17) is 0 Å². The number of nitrogens with zero attached hydrogens (tertiary/aromatic N) is 1. The molecule has 0 aliphatic carbocycles. The van der Waals surface area contributed by atoms with E-state index >= 15 is 0 Å². The molecular formula is C11H22N2O. The minimum atomic E-state index is 0.0116. The third-order valence-electron chi connectivity index (χ3n) is 2.83. The molecule has 2 atom stereocenters. The summed E-state index contributed by atoms with van der Waals surface area (Å²) in [5.41, 5.74) is 0. The van der Waals surface area contributed by atoms with Crippen LogP contribution in [-0.2, 0) is 4.79 Å². The molecule has 3 nitrogen and oxygen atoms in total. The molecule has 1 aliphatic rings. The van der Waals surface area contributed by atoms with Crippen molar-refractivity contribution in [3.8, 4) is 0 Å². The molecule has 1 aliphatic heterocycles. The van der Waals surface area contributed by atoms with Crippen LogP contribution in [0.3, 0.4) is 0 Å². The molecule has 1 N–H and O–H groups in total. The third-order valence-corrected chi connectivity index (χ3v) is 2.83. The first kappa shape index (κ1) is 11.5. The molecule has 0 bridgehead atoms. The van der Waals surface area contributed by atoms with E-state index in [1.165, 1.54) is 12.8 Å². The number of hydrogen-bond donors (Lipinski definition) is 1. The van der Waals surface area contributed by atoms with Gasteiger partial charge in [0.2, 0.25) is 5.91 Å². The number of nitrogens with one attached hydrogen (secondary N) is 1. The van der Waals surface area contributed by atoms with Crippen molar-refractivity contribution in [2.45, 2.75) is 39.7 Å². The van der Waals surface area contributed by atoms with E-state index in [1.54, 1.807) is 0 Å². The molecule has 1 rings (SSSR count). The van der Waals surface area contributed by atoms with E-state index in [-0.39, 0.29) is 11.9 Å². The summed E-state index contributed by atoms with van der Waals surface area (Å²) in [6.07, 6.45) is 2.42. The molecular weight excluding hydrogens is 176 g/mol. The van der Waals surface area contributed by atoms with Gasteiger partial charge in [-0.3, -0.25) is 4.79 Å². The molecule has 1 saturated heterocycles. The summed E-state index contributed by atoms with van der Waals surface area (Å²) < 4.78 is 0. The van der Waals surface area contributed by atoms with Gasteiger partial charge in [0.1, 0.15) is 0 Å². The molecule has 2 unspecified atom stereocenters. The van der Waals surface area contributed by atoms with Crippen LogP contribution in [0.4, 0.5) is 0 Å². The monoisotopic (exact) mass is 198 g/mol. The molecule has 0 aromatic heterocycles. The number of carbonyl (C=O) groups excluding carboxylic acids is 1. The molecule has 3 heteroatoms. The van der Waals surface area contributed by atoms with Crippen molar-refractivity contribution in [1.82, 2.24) is 10.2 Å². The van der Waals surface area contributed by atoms with E-state index in [9.17, 15) is 4.79 Å². The van der Waals surface area contributed by atoms with E-state index < -0.39 is 0 Å². The summed E-state index contributed by atoms with van der Waals surface area (Å²) in [5, 5.41) is 3.18. The Morgan fingerprint density at radius 2 is 2.36 bits per heavy atom. The average Bonchev–Trinajstić information content (AvgIpc) is 2.13. The van der Waals surface area contributed by atoms with Crippen LogP contribution in [0.25, 0.3) is 0 Å². The molecule has 0 aromatic carbocycles. The van der Waals surface area contributed by atoms with Gasteiger partial charge in [0.25, 0.3) is 0 Å². The van der Waals surface area contributed by atoms with Crippen molar-refractivity contribution in [3.05, 3.63) is 0 Å². The summed E-state index contributed by atoms with van der Waals surface area (Å²) in [6, 6.07) is 0.0116. The Morgan fingerprint density at radius 1 is 1.64 bits per heavy atom. The highest BCUT2D eigenvalue weighted by Crippen LogP contribution is 2.10. The zero-order chi connectivity index (χ0) is 10.6. The minimum absolute atomic E-state index is 0.0116. The second-order valence-electron chi connectivity index (χ2n) is 4.35. The molecule has 0 aromatic rings. The van der Waals surface area contributed by atoms with Gasteiger partial charge in [0.15, 0.2) is 0 Å². The van der Waals surface area contributed by atoms with Crippen molar-refractivity contribution >= 4 is 5.91 Å². The van der Waals surface area contributed by atoms with Crippen LogP contribution < -0.4 is 5.32 Å². The lowest BCUT2D eigenvalue weighted by Gasteiger charge is -2.33. The second kappa shape index (κ2) is 5.35. The zero-order valence-electron chi connectivity index (χ0n) is 9.55. The van der Waals surface area contributed by atoms with E-state index in [2.05, 4.69) is 19.2 Å². The lowest BCUT2D eigenvalue weighted by Crippen LogP contribution is -2.54. The first-order valence-corrected chi connectivity index (χ1v) is 5.67. The maximum Gasteiger partial charge on any atom is 0.239 e. The number of amides is 1. The largest absolute Gasteiger partial charge is 0.340 e. The molecule has 1 fully saturated rings. The van der Waals surface area contributed by atoms with Crippen LogP contribution in [-0.4, -0.2) is 36.5 Å². The predicted octanol–water partition coefficient (Wildman–Crippen LogP) is 1.24. The Bertz CT molecular complexity index is 194. The normalized spacial score (nSPS) is 25.2. The van der Waals surface area contributed by atoms with E-state index in [1.807, 2.05) is 11.8 Å².